The third-order valence-electron chi connectivity index (χ3n) is 3.74. The van der Waals surface area contributed by atoms with Crippen LogP contribution in [0.25, 0.3) is 0 Å². The van der Waals surface area contributed by atoms with Crippen LogP contribution in [0, 0.1) is 0 Å². The van der Waals surface area contributed by atoms with E-state index in [-0.39, 0.29) is 25.0 Å². The summed E-state index contributed by atoms with van der Waals surface area (Å²) in [7, 11) is 0. The summed E-state index contributed by atoms with van der Waals surface area (Å²) in [5.74, 6) is -1.01. The number of carbonyl (C=O) groups excluding carboxylic acids is 1. The van der Waals surface area contributed by atoms with Gasteiger partial charge in [-0.3, -0.25) is 9.59 Å². The van der Waals surface area contributed by atoms with Gasteiger partial charge in [0.15, 0.2) is 0 Å². The van der Waals surface area contributed by atoms with Gasteiger partial charge in [-0.25, -0.2) is 0 Å². The fourth-order valence-corrected chi connectivity index (χ4v) is 3.79. The van der Waals surface area contributed by atoms with Gasteiger partial charge in [-0.05, 0) is 11.6 Å². The van der Waals surface area contributed by atoms with Crippen LogP contribution in [0.15, 0.2) is 6.07 Å². The minimum atomic E-state index is -0.915. The van der Waals surface area contributed by atoms with Crippen LogP contribution in [-0.4, -0.2) is 54.3 Å². The van der Waals surface area contributed by atoms with Gasteiger partial charge in [0.05, 0.1) is 43.8 Å². The average molecular weight is 311 g/mol. The molecule has 0 aromatic carbocycles. The molecule has 0 radical (unpaired) electrons. The molecular formula is C14H17NO5S. The Morgan fingerprint density at radius 1 is 1.38 bits per heavy atom. The molecule has 1 N–H and O–H groups in total. The quantitative estimate of drug-likeness (QED) is 0.906. The highest BCUT2D eigenvalue weighted by molar-refractivity contribution is 7.14. The maximum atomic E-state index is 12.7. The van der Waals surface area contributed by atoms with Crippen molar-refractivity contribution in [1.82, 2.24) is 4.90 Å². The Balaban J connectivity index is 1.78. The molecule has 1 unspecified atom stereocenters. The molecule has 1 aromatic rings. The van der Waals surface area contributed by atoms with Crippen LogP contribution in [-0.2, 0) is 27.3 Å². The van der Waals surface area contributed by atoms with Crippen molar-refractivity contribution in [3.63, 3.8) is 0 Å². The number of ether oxygens (including phenoxy) is 2. The molecule has 2 aliphatic heterocycles. The molecule has 3 heterocycles. The molecule has 0 spiro atoms. The van der Waals surface area contributed by atoms with Crippen LogP contribution in [0.2, 0.25) is 0 Å². The number of hydrogen-bond donors (Lipinski definition) is 1. The van der Waals surface area contributed by atoms with Gasteiger partial charge in [0.1, 0.15) is 0 Å². The standard InChI is InChI=1S/C14H17NO5S/c16-13(17)6-10-8-20-4-2-15(10)14(18)12-5-9-7-19-3-1-11(9)21-12/h5,10H,1-4,6-8H2,(H,16,17). The van der Waals surface area contributed by atoms with Crippen LogP contribution in [0.3, 0.4) is 0 Å². The minimum absolute atomic E-state index is 0.0834. The Bertz CT molecular complexity index is 532. The van der Waals surface area contributed by atoms with Gasteiger partial charge in [-0.1, -0.05) is 0 Å². The second kappa shape index (κ2) is 6.13. The molecule has 2 aliphatic rings. The first-order valence-electron chi connectivity index (χ1n) is 6.95. The number of rotatable bonds is 3. The van der Waals surface area contributed by atoms with E-state index < -0.39 is 5.97 Å². The zero-order valence-corrected chi connectivity index (χ0v) is 12.4. The highest BCUT2D eigenvalue weighted by atomic mass is 32.1. The van der Waals surface area contributed by atoms with Crippen LogP contribution in [0.5, 0.6) is 0 Å². The Kier molecular flexibility index (Phi) is 4.23. The number of carboxylic acids is 1. The van der Waals surface area contributed by atoms with E-state index in [4.69, 9.17) is 14.6 Å². The first-order valence-corrected chi connectivity index (χ1v) is 7.76. The number of hydrogen-bond acceptors (Lipinski definition) is 5. The Labute approximate surface area is 126 Å². The number of nitrogens with zero attached hydrogens (tertiary/aromatic N) is 1. The van der Waals surface area contributed by atoms with Crippen LogP contribution < -0.4 is 0 Å². The topological polar surface area (TPSA) is 76.1 Å². The van der Waals surface area contributed by atoms with Crippen molar-refractivity contribution in [2.24, 2.45) is 0 Å². The fourth-order valence-electron chi connectivity index (χ4n) is 2.69. The first-order chi connectivity index (χ1) is 10.1. The lowest BCUT2D eigenvalue weighted by Crippen LogP contribution is -2.49. The molecule has 6 nitrogen and oxygen atoms in total. The molecular weight excluding hydrogens is 294 g/mol. The van der Waals surface area contributed by atoms with E-state index in [9.17, 15) is 9.59 Å². The van der Waals surface area contributed by atoms with Gasteiger partial charge in [0, 0.05) is 17.8 Å². The van der Waals surface area contributed by atoms with Crippen molar-refractivity contribution < 1.29 is 24.2 Å². The minimum Gasteiger partial charge on any atom is -0.481 e. The summed E-state index contributed by atoms with van der Waals surface area (Å²) in [5, 5.41) is 8.96. The van der Waals surface area contributed by atoms with Crippen molar-refractivity contribution >= 4 is 23.2 Å². The van der Waals surface area contributed by atoms with E-state index in [0.717, 1.165) is 12.0 Å². The maximum absolute atomic E-state index is 12.7. The highest BCUT2D eigenvalue weighted by Crippen LogP contribution is 2.28. The van der Waals surface area contributed by atoms with Gasteiger partial charge >= 0.3 is 5.97 Å². The number of carboxylic acid groups (broad SMARTS) is 1. The van der Waals surface area contributed by atoms with Crippen LogP contribution >= 0.6 is 11.3 Å². The monoisotopic (exact) mass is 311 g/mol. The van der Waals surface area contributed by atoms with Crippen molar-refractivity contribution in [1.29, 1.82) is 0 Å². The molecule has 1 fully saturated rings. The molecule has 1 amide bonds. The normalized spacial score (nSPS) is 21.9. The van der Waals surface area contributed by atoms with Crippen molar-refractivity contribution in [3.05, 3.63) is 21.4 Å². The molecule has 21 heavy (non-hydrogen) atoms. The van der Waals surface area contributed by atoms with E-state index >= 15 is 0 Å². The molecule has 0 aliphatic carbocycles. The summed E-state index contributed by atoms with van der Waals surface area (Å²) >= 11 is 1.50. The van der Waals surface area contributed by atoms with E-state index in [1.807, 2.05) is 6.07 Å². The summed E-state index contributed by atoms with van der Waals surface area (Å²) in [4.78, 5) is 27.1. The summed E-state index contributed by atoms with van der Waals surface area (Å²) in [5.41, 5.74) is 1.08. The second-order valence-corrected chi connectivity index (χ2v) is 6.32. The Morgan fingerprint density at radius 2 is 2.24 bits per heavy atom. The lowest BCUT2D eigenvalue weighted by Gasteiger charge is -2.34. The third kappa shape index (κ3) is 3.09. The Hall–Kier alpha value is -1.44. The van der Waals surface area contributed by atoms with Gasteiger partial charge in [0.25, 0.3) is 5.91 Å². The SMILES string of the molecule is O=C(O)CC1COCCN1C(=O)c1cc2c(s1)CCOC2. The number of aliphatic carboxylic acids is 1. The Morgan fingerprint density at radius 3 is 3.00 bits per heavy atom. The van der Waals surface area contributed by atoms with Gasteiger partial charge < -0.3 is 19.5 Å². The molecule has 1 saturated heterocycles. The molecule has 7 heteroatoms. The number of morpholine rings is 1. The largest absolute Gasteiger partial charge is 0.481 e. The lowest BCUT2D eigenvalue weighted by molar-refractivity contribution is -0.139. The van der Waals surface area contributed by atoms with Gasteiger partial charge in [-0.15, -0.1) is 11.3 Å². The predicted octanol–water partition coefficient (Wildman–Crippen LogP) is 1.14. The zero-order chi connectivity index (χ0) is 14.8. The summed E-state index contributed by atoms with van der Waals surface area (Å²) in [6, 6.07) is 1.49. The van der Waals surface area contributed by atoms with E-state index in [1.54, 1.807) is 4.90 Å². The second-order valence-electron chi connectivity index (χ2n) is 5.19. The van der Waals surface area contributed by atoms with Gasteiger partial charge in [-0.2, -0.15) is 0 Å². The molecule has 114 valence electrons. The van der Waals surface area contributed by atoms with Crippen molar-refractivity contribution in [2.75, 3.05) is 26.4 Å². The van der Waals surface area contributed by atoms with E-state index in [0.29, 0.717) is 31.2 Å². The van der Waals surface area contributed by atoms with Crippen LogP contribution in [0.4, 0.5) is 0 Å². The van der Waals surface area contributed by atoms with E-state index in [2.05, 4.69) is 0 Å². The number of fused-ring (bicyclic) bond motifs is 1. The molecule has 0 bridgehead atoms. The zero-order valence-electron chi connectivity index (χ0n) is 11.5. The number of carbonyl (C=O) groups is 2. The smallest absolute Gasteiger partial charge is 0.305 e. The van der Waals surface area contributed by atoms with E-state index in [1.165, 1.54) is 16.2 Å². The summed E-state index contributed by atoms with van der Waals surface area (Å²) in [6.45, 7) is 2.43. The summed E-state index contributed by atoms with van der Waals surface area (Å²) < 4.78 is 10.7. The van der Waals surface area contributed by atoms with Crippen molar-refractivity contribution in [2.45, 2.75) is 25.5 Å². The highest BCUT2D eigenvalue weighted by Gasteiger charge is 2.31. The van der Waals surface area contributed by atoms with Crippen molar-refractivity contribution in [3.8, 4) is 0 Å². The maximum Gasteiger partial charge on any atom is 0.305 e. The average Bonchev–Trinajstić information content (AvgIpc) is 2.90. The molecule has 1 aromatic heterocycles. The van der Waals surface area contributed by atoms with Crippen LogP contribution in [0.1, 0.15) is 26.5 Å². The first kappa shape index (κ1) is 14.5. The molecule has 1 atom stereocenters. The number of thiophene rings is 1. The predicted molar refractivity (Wildman–Crippen MR) is 75.6 cm³/mol. The fraction of sp³-hybridized carbons (Fsp3) is 0.571. The third-order valence-corrected chi connectivity index (χ3v) is 4.96. The van der Waals surface area contributed by atoms with Gasteiger partial charge in [0.2, 0.25) is 0 Å². The number of amides is 1. The summed E-state index contributed by atoms with van der Waals surface area (Å²) in [6.07, 6.45) is 0.759. The molecule has 0 saturated carbocycles. The lowest BCUT2D eigenvalue weighted by atomic mass is 10.1. The molecule has 3 rings (SSSR count).